The average Bonchev–Trinajstić information content (AvgIpc) is 2.23. The number of Topliss-reactive ketones (excluding diaryl/α,β-unsaturated/α-hetero) is 1. The SMILES string of the molecule is CSC1=CC(=N)C(=O)c2ccccc21. The molecule has 0 unspecified atom stereocenters. The van der Waals surface area contributed by atoms with Crippen LogP contribution in [0.4, 0.5) is 0 Å². The van der Waals surface area contributed by atoms with E-state index in [-0.39, 0.29) is 11.5 Å². The van der Waals surface area contributed by atoms with Crippen LogP contribution in [0, 0.1) is 5.41 Å². The number of allylic oxidation sites excluding steroid dienone is 1. The van der Waals surface area contributed by atoms with Crippen molar-refractivity contribution < 1.29 is 4.79 Å². The van der Waals surface area contributed by atoms with Gasteiger partial charge in [-0.25, -0.2) is 0 Å². The predicted octanol–water partition coefficient (Wildman–Crippen LogP) is 2.61. The Bertz CT molecular complexity index is 448. The molecule has 0 spiro atoms. The van der Waals surface area contributed by atoms with Crippen LogP contribution in [0.2, 0.25) is 0 Å². The summed E-state index contributed by atoms with van der Waals surface area (Å²) >= 11 is 1.56. The molecule has 0 bridgehead atoms. The van der Waals surface area contributed by atoms with E-state index in [4.69, 9.17) is 5.41 Å². The van der Waals surface area contributed by atoms with Gasteiger partial charge >= 0.3 is 0 Å². The summed E-state index contributed by atoms with van der Waals surface area (Å²) < 4.78 is 0. The van der Waals surface area contributed by atoms with Crippen molar-refractivity contribution in [1.82, 2.24) is 0 Å². The zero-order valence-electron chi connectivity index (χ0n) is 7.70. The number of hydrogen-bond donors (Lipinski definition) is 1. The number of carbonyl (C=O) groups is 1. The summed E-state index contributed by atoms with van der Waals surface area (Å²) in [5.74, 6) is -0.182. The number of fused-ring (bicyclic) bond motifs is 1. The van der Waals surface area contributed by atoms with E-state index < -0.39 is 0 Å². The van der Waals surface area contributed by atoms with Gasteiger partial charge in [-0.15, -0.1) is 11.8 Å². The van der Waals surface area contributed by atoms with Crippen molar-refractivity contribution >= 4 is 28.2 Å². The van der Waals surface area contributed by atoms with Crippen LogP contribution in [0.15, 0.2) is 30.3 Å². The quantitative estimate of drug-likeness (QED) is 0.762. The molecule has 0 atom stereocenters. The summed E-state index contributed by atoms with van der Waals surface area (Å²) in [6.45, 7) is 0. The number of hydrogen-bond acceptors (Lipinski definition) is 3. The second-order valence-electron chi connectivity index (χ2n) is 3.00. The van der Waals surface area contributed by atoms with E-state index in [1.54, 1.807) is 23.9 Å². The number of carbonyl (C=O) groups excluding carboxylic acids is 1. The van der Waals surface area contributed by atoms with Crippen LogP contribution in [0.1, 0.15) is 15.9 Å². The highest BCUT2D eigenvalue weighted by atomic mass is 32.2. The fourth-order valence-corrected chi connectivity index (χ4v) is 2.12. The van der Waals surface area contributed by atoms with Crippen molar-refractivity contribution in [2.75, 3.05) is 6.26 Å². The Kier molecular flexibility index (Phi) is 2.25. The van der Waals surface area contributed by atoms with Crippen molar-refractivity contribution in [3.63, 3.8) is 0 Å². The molecule has 14 heavy (non-hydrogen) atoms. The Labute approximate surface area is 86.5 Å². The first-order chi connectivity index (χ1) is 6.74. The summed E-state index contributed by atoms with van der Waals surface area (Å²) in [5, 5.41) is 7.52. The van der Waals surface area contributed by atoms with E-state index >= 15 is 0 Å². The molecule has 1 aromatic rings. The van der Waals surface area contributed by atoms with Gasteiger partial charge in [-0.1, -0.05) is 24.3 Å². The first-order valence-corrected chi connectivity index (χ1v) is 5.45. The lowest BCUT2D eigenvalue weighted by Gasteiger charge is -2.14. The van der Waals surface area contributed by atoms with E-state index in [1.165, 1.54) is 0 Å². The van der Waals surface area contributed by atoms with Gasteiger partial charge in [0, 0.05) is 10.5 Å². The summed E-state index contributed by atoms with van der Waals surface area (Å²) in [6, 6.07) is 7.43. The zero-order valence-corrected chi connectivity index (χ0v) is 8.52. The van der Waals surface area contributed by atoms with E-state index in [0.29, 0.717) is 5.56 Å². The molecule has 0 saturated carbocycles. The van der Waals surface area contributed by atoms with Gasteiger partial charge < -0.3 is 0 Å². The molecule has 1 N–H and O–H groups in total. The molecule has 0 aliphatic heterocycles. The summed E-state index contributed by atoms with van der Waals surface area (Å²) in [5.41, 5.74) is 1.67. The van der Waals surface area contributed by atoms with Crippen LogP contribution in [-0.4, -0.2) is 17.8 Å². The van der Waals surface area contributed by atoms with Gasteiger partial charge in [0.15, 0.2) is 0 Å². The molecule has 0 saturated heterocycles. The van der Waals surface area contributed by atoms with Gasteiger partial charge in [0.2, 0.25) is 5.78 Å². The van der Waals surface area contributed by atoms with Gasteiger partial charge in [-0.05, 0) is 17.9 Å². The van der Waals surface area contributed by atoms with Crippen LogP contribution >= 0.6 is 11.8 Å². The molecule has 0 heterocycles. The molecule has 70 valence electrons. The lowest BCUT2D eigenvalue weighted by molar-refractivity contribution is 0.106. The third kappa shape index (κ3) is 1.30. The minimum atomic E-state index is -0.182. The lowest BCUT2D eigenvalue weighted by atomic mass is 9.95. The van der Waals surface area contributed by atoms with Crippen LogP contribution in [0.5, 0.6) is 0 Å². The molecule has 3 heteroatoms. The highest BCUT2D eigenvalue weighted by Gasteiger charge is 2.21. The molecule has 1 aliphatic rings. The normalized spacial score (nSPS) is 15.1. The van der Waals surface area contributed by atoms with Gasteiger partial charge in [0.25, 0.3) is 0 Å². The van der Waals surface area contributed by atoms with Crippen molar-refractivity contribution in [1.29, 1.82) is 5.41 Å². The second kappa shape index (κ2) is 3.42. The van der Waals surface area contributed by atoms with Crippen LogP contribution in [-0.2, 0) is 0 Å². The van der Waals surface area contributed by atoms with Gasteiger partial charge in [0.05, 0.1) is 0 Å². The third-order valence-electron chi connectivity index (χ3n) is 2.18. The molecule has 0 fully saturated rings. The molecule has 1 aromatic carbocycles. The number of rotatable bonds is 1. The maximum absolute atomic E-state index is 11.6. The minimum Gasteiger partial charge on any atom is -0.297 e. The number of benzene rings is 1. The van der Waals surface area contributed by atoms with Crippen LogP contribution in [0.3, 0.4) is 0 Å². The summed E-state index contributed by atoms with van der Waals surface area (Å²) in [4.78, 5) is 12.6. The van der Waals surface area contributed by atoms with Crippen molar-refractivity contribution in [3.05, 3.63) is 41.5 Å². The van der Waals surface area contributed by atoms with Gasteiger partial charge in [0.1, 0.15) is 5.71 Å². The molecule has 0 amide bonds. The van der Waals surface area contributed by atoms with E-state index in [2.05, 4.69) is 0 Å². The average molecular weight is 203 g/mol. The largest absolute Gasteiger partial charge is 0.297 e. The molecular formula is C11H9NOS. The number of ketones is 1. The van der Waals surface area contributed by atoms with Crippen molar-refractivity contribution in [2.45, 2.75) is 0 Å². The predicted molar refractivity (Wildman–Crippen MR) is 60.0 cm³/mol. The molecular weight excluding hydrogens is 194 g/mol. The maximum atomic E-state index is 11.6. The van der Waals surface area contributed by atoms with E-state index in [9.17, 15) is 4.79 Å². The Morgan fingerprint density at radius 2 is 1.86 bits per heavy atom. The van der Waals surface area contributed by atoms with Crippen LogP contribution < -0.4 is 0 Å². The molecule has 2 nitrogen and oxygen atoms in total. The van der Waals surface area contributed by atoms with E-state index in [1.807, 2.05) is 24.5 Å². The van der Waals surface area contributed by atoms with Crippen molar-refractivity contribution in [3.8, 4) is 0 Å². The first-order valence-electron chi connectivity index (χ1n) is 4.22. The molecule has 0 aromatic heterocycles. The Morgan fingerprint density at radius 1 is 1.21 bits per heavy atom. The van der Waals surface area contributed by atoms with Gasteiger partial charge in [-0.3, -0.25) is 10.2 Å². The topological polar surface area (TPSA) is 40.9 Å². The Balaban J connectivity index is 2.66. The first kappa shape index (κ1) is 9.21. The zero-order chi connectivity index (χ0) is 10.1. The van der Waals surface area contributed by atoms with Gasteiger partial charge in [-0.2, -0.15) is 0 Å². The van der Waals surface area contributed by atoms with Crippen LogP contribution in [0.25, 0.3) is 4.91 Å². The fourth-order valence-electron chi connectivity index (χ4n) is 1.48. The third-order valence-corrected chi connectivity index (χ3v) is 2.95. The minimum absolute atomic E-state index is 0.0769. The summed E-state index contributed by atoms with van der Waals surface area (Å²) in [6.07, 6.45) is 3.58. The Hall–Kier alpha value is -1.35. The number of nitrogens with one attached hydrogen (secondary N) is 1. The molecule has 1 aliphatic carbocycles. The van der Waals surface area contributed by atoms with E-state index in [0.717, 1.165) is 10.5 Å². The monoisotopic (exact) mass is 203 g/mol. The number of thioether (sulfide) groups is 1. The molecule has 0 radical (unpaired) electrons. The second-order valence-corrected chi connectivity index (χ2v) is 3.85. The highest BCUT2D eigenvalue weighted by molar-refractivity contribution is 8.07. The maximum Gasteiger partial charge on any atom is 0.211 e. The van der Waals surface area contributed by atoms with Crippen molar-refractivity contribution in [2.24, 2.45) is 0 Å². The lowest BCUT2D eigenvalue weighted by Crippen LogP contribution is -2.17. The fraction of sp³-hybridized carbons (Fsp3) is 0.0909. The molecule has 2 rings (SSSR count). The smallest absolute Gasteiger partial charge is 0.211 e. The highest BCUT2D eigenvalue weighted by Crippen LogP contribution is 2.31. The Morgan fingerprint density at radius 3 is 2.50 bits per heavy atom. The summed E-state index contributed by atoms with van der Waals surface area (Å²) in [7, 11) is 0. The standard InChI is InChI=1S/C11H9NOS/c1-14-10-6-9(12)11(13)8-5-3-2-4-7(8)10/h2-6,12H,1H3.